The summed E-state index contributed by atoms with van der Waals surface area (Å²) in [5.41, 5.74) is -0.605. The average Bonchev–Trinajstić information content (AvgIpc) is 2.59. The SMILES string of the molecule is COC(=O)CC(C)[C@@](C)(NC(=O)OCc1ccccc1)C(=O)OC. The van der Waals surface area contributed by atoms with E-state index < -0.39 is 29.5 Å². The van der Waals surface area contributed by atoms with Crippen LogP contribution in [0.5, 0.6) is 0 Å². The molecule has 2 atom stereocenters. The van der Waals surface area contributed by atoms with E-state index >= 15 is 0 Å². The molecule has 0 bridgehead atoms. The molecule has 0 aliphatic rings. The van der Waals surface area contributed by atoms with Crippen LogP contribution in [0, 0.1) is 5.92 Å². The molecule has 0 heterocycles. The number of alkyl carbamates (subject to hydrolysis) is 1. The Balaban J connectivity index is 2.75. The summed E-state index contributed by atoms with van der Waals surface area (Å²) in [6.45, 7) is 3.19. The highest BCUT2D eigenvalue weighted by Gasteiger charge is 2.43. The van der Waals surface area contributed by atoms with Gasteiger partial charge in [0.05, 0.1) is 20.6 Å². The van der Waals surface area contributed by atoms with E-state index in [2.05, 4.69) is 10.1 Å². The summed E-state index contributed by atoms with van der Waals surface area (Å²) in [5.74, 6) is -1.71. The number of esters is 2. The second-order valence-electron chi connectivity index (χ2n) is 5.56. The third-order valence-corrected chi connectivity index (χ3v) is 3.87. The van der Waals surface area contributed by atoms with Crippen LogP contribution < -0.4 is 5.32 Å². The van der Waals surface area contributed by atoms with Crippen LogP contribution in [0.2, 0.25) is 0 Å². The first-order valence-electron chi connectivity index (χ1n) is 7.47. The molecule has 0 fully saturated rings. The molecule has 24 heavy (non-hydrogen) atoms. The summed E-state index contributed by atoms with van der Waals surface area (Å²) in [6, 6.07) is 9.13. The zero-order valence-corrected chi connectivity index (χ0v) is 14.3. The van der Waals surface area contributed by atoms with Gasteiger partial charge in [-0.25, -0.2) is 9.59 Å². The quantitative estimate of drug-likeness (QED) is 0.605. The van der Waals surface area contributed by atoms with Crippen LogP contribution >= 0.6 is 0 Å². The molecular formula is C17H23NO6. The number of benzene rings is 1. The van der Waals surface area contributed by atoms with Crippen LogP contribution in [0.15, 0.2) is 30.3 Å². The minimum absolute atomic E-state index is 0.0545. The van der Waals surface area contributed by atoms with Crippen LogP contribution in [0.4, 0.5) is 4.79 Å². The fourth-order valence-electron chi connectivity index (χ4n) is 2.10. The molecule has 1 aromatic carbocycles. The smallest absolute Gasteiger partial charge is 0.408 e. The Labute approximate surface area is 141 Å². The van der Waals surface area contributed by atoms with Crippen molar-refractivity contribution in [2.24, 2.45) is 5.92 Å². The summed E-state index contributed by atoms with van der Waals surface area (Å²) < 4.78 is 14.5. The van der Waals surface area contributed by atoms with Crippen molar-refractivity contribution in [3.63, 3.8) is 0 Å². The normalized spacial score (nSPS) is 14.0. The van der Waals surface area contributed by atoms with Crippen molar-refractivity contribution in [2.75, 3.05) is 14.2 Å². The molecule has 0 spiro atoms. The molecule has 0 aromatic heterocycles. The third-order valence-electron chi connectivity index (χ3n) is 3.87. The van der Waals surface area contributed by atoms with Crippen LogP contribution in [-0.2, 0) is 30.4 Å². The molecule has 1 rings (SSSR count). The number of amides is 1. The molecule has 0 saturated heterocycles. The van der Waals surface area contributed by atoms with Crippen molar-refractivity contribution in [1.82, 2.24) is 5.32 Å². The number of hydrogen-bond acceptors (Lipinski definition) is 6. The fourth-order valence-corrected chi connectivity index (χ4v) is 2.10. The van der Waals surface area contributed by atoms with Gasteiger partial charge in [-0.3, -0.25) is 4.79 Å². The topological polar surface area (TPSA) is 90.9 Å². The Morgan fingerprint density at radius 3 is 2.29 bits per heavy atom. The number of carbonyl (C=O) groups excluding carboxylic acids is 3. The van der Waals surface area contributed by atoms with E-state index in [1.807, 2.05) is 30.3 Å². The molecule has 0 aliphatic carbocycles. The van der Waals surface area contributed by atoms with E-state index in [0.717, 1.165) is 5.56 Å². The number of carbonyl (C=O) groups is 3. The average molecular weight is 337 g/mol. The van der Waals surface area contributed by atoms with Gasteiger partial charge >= 0.3 is 18.0 Å². The van der Waals surface area contributed by atoms with Crippen molar-refractivity contribution < 1.29 is 28.6 Å². The van der Waals surface area contributed by atoms with Gasteiger partial charge in [-0.15, -0.1) is 0 Å². The summed E-state index contributed by atoms with van der Waals surface area (Å²) in [7, 11) is 2.47. The maximum atomic E-state index is 12.1. The number of rotatable bonds is 7. The molecule has 0 aliphatic heterocycles. The molecule has 1 unspecified atom stereocenters. The van der Waals surface area contributed by atoms with Gasteiger partial charge in [0.25, 0.3) is 0 Å². The van der Waals surface area contributed by atoms with Gasteiger partial charge in [0.15, 0.2) is 0 Å². The van der Waals surface area contributed by atoms with E-state index in [4.69, 9.17) is 9.47 Å². The minimum atomic E-state index is -1.42. The summed E-state index contributed by atoms with van der Waals surface area (Å²) >= 11 is 0. The van der Waals surface area contributed by atoms with Crippen LogP contribution in [0.3, 0.4) is 0 Å². The zero-order valence-electron chi connectivity index (χ0n) is 14.3. The van der Waals surface area contributed by atoms with Crippen molar-refractivity contribution >= 4 is 18.0 Å². The lowest BCUT2D eigenvalue weighted by atomic mass is 9.84. The zero-order chi connectivity index (χ0) is 18.2. The van der Waals surface area contributed by atoms with E-state index in [1.54, 1.807) is 6.92 Å². The van der Waals surface area contributed by atoms with E-state index in [-0.39, 0.29) is 13.0 Å². The number of methoxy groups -OCH3 is 2. The molecule has 1 N–H and O–H groups in total. The molecule has 1 aromatic rings. The highest BCUT2D eigenvalue weighted by molar-refractivity contribution is 5.86. The first-order chi connectivity index (χ1) is 11.3. The predicted molar refractivity (Wildman–Crippen MR) is 86.0 cm³/mol. The van der Waals surface area contributed by atoms with Gasteiger partial charge in [0.1, 0.15) is 12.1 Å². The standard InChI is InChI=1S/C17H23NO6/c1-12(10-14(19)22-3)17(2,15(20)23-4)18-16(21)24-11-13-8-6-5-7-9-13/h5-9,12H,10-11H2,1-4H3,(H,18,21)/t12?,17-/m1/s1. The Morgan fingerprint density at radius 1 is 1.12 bits per heavy atom. The lowest BCUT2D eigenvalue weighted by molar-refractivity contribution is -0.151. The number of hydrogen-bond donors (Lipinski definition) is 1. The molecule has 132 valence electrons. The maximum Gasteiger partial charge on any atom is 0.408 e. The molecule has 1 amide bonds. The van der Waals surface area contributed by atoms with Crippen molar-refractivity contribution in [3.05, 3.63) is 35.9 Å². The van der Waals surface area contributed by atoms with Crippen molar-refractivity contribution in [2.45, 2.75) is 32.4 Å². The van der Waals surface area contributed by atoms with Gasteiger partial charge in [-0.05, 0) is 12.5 Å². The second kappa shape index (κ2) is 8.90. The van der Waals surface area contributed by atoms with Crippen LogP contribution in [0.25, 0.3) is 0 Å². The van der Waals surface area contributed by atoms with Crippen molar-refractivity contribution in [1.29, 1.82) is 0 Å². The minimum Gasteiger partial charge on any atom is -0.469 e. The predicted octanol–water partition coefficient (Wildman–Crippen LogP) is 2.04. The summed E-state index contributed by atoms with van der Waals surface area (Å²) in [5, 5.41) is 2.50. The second-order valence-corrected chi connectivity index (χ2v) is 5.56. The van der Waals surface area contributed by atoms with Gasteiger partial charge < -0.3 is 19.5 Å². The fraction of sp³-hybridized carbons (Fsp3) is 0.471. The van der Waals surface area contributed by atoms with E-state index in [0.29, 0.717) is 0 Å². The Kier molecular flexibility index (Phi) is 7.23. The van der Waals surface area contributed by atoms with Crippen LogP contribution in [0.1, 0.15) is 25.8 Å². The highest BCUT2D eigenvalue weighted by Crippen LogP contribution is 2.23. The Bertz CT molecular complexity index is 574. The first kappa shape index (κ1) is 19.5. The lowest BCUT2D eigenvalue weighted by Gasteiger charge is -2.32. The van der Waals surface area contributed by atoms with Gasteiger partial charge in [-0.2, -0.15) is 0 Å². The summed E-state index contributed by atoms with van der Waals surface area (Å²) in [4.78, 5) is 35.6. The largest absolute Gasteiger partial charge is 0.469 e. The first-order valence-corrected chi connectivity index (χ1v) is 7.47. The van der Waals surface area contributed by atoms with Gasteiger partial charge in [0.2, 0.25) is 0 Å². The third kappa shape index (κ3) is 5.26. The van der Waals surface area contributed by atoms with Gasteiger partial charge in [-0.1, -0.05) is 37.3 Å². The number of nitrogens with one attached hydrogen (secondary N) is 1. The number of ether oxygens (including phenoxy) is 3. The lowest BCUT2D eigenvalue weighted by Crippen LogP contribution is -2.57. The van der Waals surface area contributed by atoms with Gasteiger partial charge in [0, 0.05) is 5.92 Å². The molecule has 0 radical (unpaired) electrons. The Morgan fingerprint density at radius 2 is 1.75 bits per heavy atom. The molecule has 7 nitrogen and oxygen atoms in total. The monoisotopic (exact) mass is 337 g/mol. The van der Waals surface area contributed by atoms with Crippen molar-refractivity contribution in [3.8, 4) is 0 Å². The highest BCUT2D eigenvalue weighted by atomic mass is 16.6. The van der Waals surface area contributed by atoms with E-state index in [9.17, 15) is 14.4 Å². The molecule has 0 saturated carbocycles. The summed E-state index contributed by atoms with van der Waals surface area (Å²) in [6.07, 6.45) is -0.829. The maximum absolute atomic E-state index is 12.1. The van der Waals surface area contributed by atoms with Crippen LogP contribution in [-0.4, -0.2) is 37.8 Å². The van der Waals surface area contributed by atoms with E-state index in [1.165, 1.54) is 21.1 Å². The molecule has 7 heteroatoms. The molecular weight excluding hydrogens is 314 g/mol. The Hall–Kier alpha value is -2.57.